The summed E-state index contributed by atoms with van der Waals surface area (Å²) >= 11 is 4.04. The first-order chi connectivity index (χ1) is 5.77. The molecule has 0 unspecified atom stereocenters. The number of aryl methyl sites for hydroxylation is 1. The standard InChI is InChI=1S/C9H8FNS/c10-9-2-1-7(3-4-12)5-8(9)6-11/h1-2,5,12H,3-4H2. The zero-order valence-electron chi connectivity index (χ0n) is 6.42. The Bertz CT molecular complexity index is 317. The molecular formula is C9H8FNS. The topological polar surface area (TPSA) is 23.8 Å². The van der Waals surface area contributed by atoms with Crippen LogP contribution in [0.15, 0.2) is 18.2 Å². The van der Waals surface area contributed by atoms with Gasteiger partial charge in [0, 0.05) is 0 Å². The lowest BCUT2D eigenvalue weighted by atomic mass is 10.1. The summed E-state index contributed by atoms with van der Waals surface area (Å²) in [5, 5.41) is 8.50. The number of benzene rings is 1. The molecular weight excluding hydrogens is 173 g/mol. The van der Waals surface area contributed by atoms with Crippen molar-refractivity contribution in [2.75, 3.05) is 5.75 Å². The van der Waals surface area contributed by atoms with E-state index in [1.165, 1.54) is 6.07 Å². The van der Waals surface area contributed by atoms with E-state index in [0.717, 1.165) is 12.0 Å². The molecule has 0 bridgehead atoms. The van der Waals surface area contributed by atoms with Crippen LogP contribution in [0.25, 0.3) is 0 Å². The van der Waals surface area contributed by atoms with Crippen molar-refractivity contribution in [3.63, 3.8) is 0 Å². The molecule has 0 aliphatic rings. The molecule has 12 heavy (non-hydrogen) atoms. The fourth-order valence-electron chi connectivity index (χ4n) is 0.943. The van der Waals surface area contributed by atoms with Crippen molar-refractivity contribution in [2.45, 2.75) is 6.42 Å². The van der Waals surface area contributed by atoms with Crippen molar-refractivity contribution in [1.82, 2.24) is 0 Å². The molecule has 1 rings (SSSR count). The first-order valence-corrected chi connectivity index (χ1v) is 4.20. The normalized spacial score (nSPS) is 9.42. The minimum atomic E-state index is -0.458. The molecule has 1 aromatic carbocycles. The van der Waals surface area contributed by atoms with Crippen molar-refractivity contribution in [2.24, 2.45) is 0 Å². The van der Waals surface area contributed by atoms with Gasteiger partial charge in [0.15, 0.2) is 0 Å². The van der Waals surface area contributed by atoms with Gasteiger partial charge in [0.1, 0.15) is 11.9 Å². The van der Waals surface area contributed by atoms with Crippen LogP contribution in [-0.2, 0) is 6.42 Å². The van der Waals surface area contributed by atoms with E-state index in [9.17, 15) is 4.39 Å². The van der Waals surface area contributed by atoms with Gasteiger partial charge < -0.3 is 0 Å². The van der Waals surface area contributed by atoms with E-state index in [1.54, 1.807) is 18.2 Å². The van der Waals surface area contributed by atoms with Crippen molar-refractivity contribution in [3.05, 3.63) is 35.1 Å². The smallest absolute Gasteiger partial charge is 0.140 e. The second-order valence-corrected chi connectivity index (χ2v) is 2.85. The third-order valence-electron chi connectivity index (χ3n) is 1.55. The first kappa shape index (κ1) is 9.08. The molecule has 0 aliphatic heterocycles. The van der Waals surface area contributed by atoms with Gasteiger partial charge in [-0.3, -0.25) is 0 Å². The number of hydrogen-bond donors (Lipinski definition) is 1. The van der Waals surface area contributed by atoms with Crippen molar-refractivity contribution >= 4 is 12.6 Å². The lowest BCUT2D eigenvalue weighted by molar-refractivity contribution is 0.623. The van der Waals surface area contributed by atoms with E-state index in [2.05, 4.69) is 12.6 Å². The summed E-state index contributed by atoms with van der Waals surface area (Å²) in [7, 11) is 0. The summed E-state index contributed by atoms with van der Waals surface area (Å²) in [6, 6.07) is 6.34. The van der Waals surface area contributed by atoms with Gasteiger partial charge in [0.25, 0.3) is 0 Å². The van der Waals surface area contributed by atoms with E-state index >= 15 is 0 Å². The van der Waals surface area contributed by atoms with Crippen LogP contribution in [0, 0.1) is 17.1 Å². The quantitative estimate of drug-likeness (QED) is 0.694. The Morgan fingerprint density at radius 2 is 2.25 bits per heavy atom. The molecule has 1 aromatic rings. The SMILES string of the molecule is N#Cc1cc(CCS)ccc1F. The summed E-state index contributed by atoms with van der Waals surface area (Å²) in [6.45, 7) is 0. The third kappa shape index (κ3) is 1.99. The van der Waals surface area contributed by atoms with Gasteiger partial charge in [0.05, 0.1) is 5.56 Å². The van der Waals surface area contributed by atoms with Crippen molar-refractivity contribution in [3.8, 4) is 6.07 Å². The van der Waals surface area contributed by atoms with Gasteiger partial charge in [-0.15, -0.1) is 0 Å². The predicted octanol–water partition coefficient (Wildman–Crippen LogP) is 2.17. The van der Waals surface area contributed by atoms with E-state index in [-0.39, 0.29) is 5.56 Å². The van der Waals surface area contributed by atoms with Gasteiger partial charge in [-0.25, -0.2) is 4.39 Å². The van der Waals surface area contributed by atoms with Crippen LogP contribution in [0.5, 0.6) is 0 Å². The highest BCUT2D eigenvalue weighted by molar-refractivity contribution is 7.80. The molecule has 0 saturated carbocycles. The fraction of sp³-hybridized carbons (Fsp3) is 0.222. The molecule has 0 atom stereocenters. The van der Waals surface area contributed by atoms with E-state index in [4.69, 9.17) is 5.26 Å². The molecule has 0 aliphatic carbocycles. The Morgan fingerprint density at radius 1 is 1.50 bits per heavy atom. The number of thiol groups is 1. The highest BCUT2D eigenvalue weighted by atomic mass is 32.1. The van der Waals surface area contributed by atoms with Crippen LogP contribution in [0.1, 0.15) is 11.1 Å². The predicted molar refractivity (Wildman–Crippen MR) is 48.7 cm³/mol. The third-order valence-corrected chi connectivity index (χ3v) is 1.78. The zero-order valence-corrected chi connectivity index (χ0v) is 7.31. The maximum atomic E-state index is 12.8. The minimum Gasteiger partial charge on any atom is -0.206 e. The number of rotatable bonds is 2. The molecule has 62 valence electrons. The molecule has 0 radical (unpaired) electrons. The molecule has 0 aromatic heterocycles. The van der Waals surface area contributed by atoms with E-state index in [0.29, 0.717) is 5.75 Å². The Balaban J connectivity index is 2.99. The maximum absolute atomic E-state index is 12.8. The van der Waals surface area contributed by atoms with Crippen LogP contribution in [0.2, 0.25) is 0 Å². The fourth-order valence-corrected chi connectivity index (χ4v) is 1.20. The molecule has 0 amide bonds. The van der Waals surface area contributed by atoms with E-state index < -0.39 is 5.82 Å². The highest BCUT2D eigenvalue weighted by Crippen LogP contribution is 2.10. The molecule has 0 spiro atoms. The summed E-state index contributed by atoms with van der Waals surface area (Å²) in [5.74, 6) is 0.247. The lowest BCUT2D eigenvalue weighted by Gasteiger charge is -1.98. The molecule has 0 heterocycles. The number of nitrogens with zero attached hydrogens (tertiary/aromatic N) is 1. The largest absolute Gasteiger partial charge is 0.206 e. The molecule has 3 heteroatoms. The Hall–Kier alpha value is -1.01. The zero-order chi connectivity index (χ0) is 8.97. The van der Waals surface area contributed by atoms with Gasteiger partial charge in [-0.1, -0.05) is 6.07 Å². The number of nitriles is 1. The van der Waals surface area contributed by atoms with Crippen molar-refractivity contribution in [1.29, 1.82) is 5.26 Å². The van der Waals surface area contributed by atoms with Crippen LogP contribution < -0.4 is 0 Å². The number of halogens is 1. The number of hydrogen-bond acceptors (Lipinski definition) is 2. The highest BCUT2D eigenvalue weighted by Gasteiger charge is 2.01. The summed E-state index contributed by atoms with van der Waals surface area (Å²) in [4.78, 5) is 0. The Morgan fingerprint density at radius 3 is 2.83 bits per heavy atom. The summed E-state index contributed by atoms with van der Waals surface area (Å²) < 4.78 is 12.8. The average Bonchev–Trinajstić information content (AvgIpc) is 2.09. The van der Waals surface area contributed by atoms with Gasteiger partial charge in [-0.2, -0.15) is 17.9 Å². The molecule has 0 N–H and O–H groups in total. The molecule has 1 nitrogen and oxygen atoms in total. The second kappa shape index (κ2) is 4.13. The first-order valence-electron chi connectivity index (χ1n) is 3.57. The van der Waals surface area contributed by atoms with Gasteiger partial charge in [-0.05, 0) is 29.9 Å². The Kier molecular flexibility index (Phi) is 3.12. The van der Waals surface area contributed by atoms with Gasteiger partial charge in [0.2, 0.25) is 0 Å². The molecule has 0 saturated heterocycles. The average molecular weight is 181 g/mol. The van der Waals surface area contributed by atoms with Crippen LogP contribution in [-0.4, -0.2) is 5.75 Å². The lowest BCUT2D eigenvalue weighted by Crippen LogP contribution is -1.90. The van der Waals surface area contributed by atoms with Crippen LogP contribution in [0.4, 0.5) is 4.39 Å². The summed E-state index contributed by atoms with van der Waals surface area (Å²) in [6.07, 6.45) is 0.762. The second-order valence-electron chi connectivity index (χ2n) is 2.40. The monoisotopic (exact) mass is 181 g/mol. The van der Waals surface area contributed by atoms with Gasteiger partial charge >= 0.3 is 0 Å². The Labute approximate surface area is 76.2 Å². The van der Waals surface area contributed by atoms with Crippen LogP contribution in [0.3, 0.4) is 0 Å². The molecule has 0 fully saturated rings. The van der Waals surface area contributed by atoms with E-state index in [1.807, 2.05) is 0 Å². The minimum absolute atomic E-state index is 0.106. The van der Waals surface area contributed by atoms with Crippen molar-refractivity contribution < 1.29 is 4.39 Å². The maximum Gasteiger partial charge on any atom is 0.140 e. The summed E-state index contributed by atoms with van der Waals surface area (Å²) in [5.41, 5.74) is 1.05. The van der Waals surface area contributed by atoms with Crippen LogP contribution >= 0.6 is 12.6 Å².